The zero-order chi connectivity index (χ0) is 31.5. The summed E-state index contributed by atoms with van der Waals surface area (Å²) in [6.07, 6.45) is 10.3. The van der Waals surface area contributed by atoms with E-state index in [4.69, 9.17) is 10.7 Å². The molecule has 1 fully saturated rings. The number of nitrogens with zero attached hydrogens (tertiary/aromatic N) is 4. The molecule has 4 heterocycles. The molecule has 8 nitrogen and oxygen atoms in total. The number of carbonyl (C=O) groups is 2. The lowest BCUT2D eigenvalue weighted by Gasteiger charge is -2.18. The number of fused-ring (bicyclic) bond motifs is 1. The van der Waals surface area contributed by atoms with Crippen LogP contribution in [-0.4, -0.2) is 45.8 Å². The van der Waals surface area contributed by atoms with Crippen LogP contribution in [0.1, 0.15) is 41.8 Å². The second-order valence-corrected chi connectivity index (χ2v) is 11.4. The van der Waals surface area contributed by atoms with Crippen LogP contribution in [0.3, 0.4) is 0 Å². The molecule has 1 atom stereocenters. The number of nitrogens with one attached hydrogen (secondary N) is 1. The van der Waals surface area contributed by atoms with Gasteiger partial charge in [-0.05, 0) is 73.7 Å². The Morgan fingerprint density at radius 2 is 1.93 bits per heavy atom. The molecule has 45 heavy (non-hydrogen) atoms. The van der Waals surface area contributed by atoms with Gasteiger partial charge in [-0.15, -0.1) is 0 Å². The van der Waals surface area contributed by atoms with E-state index < -0.39 is 5.82 Å². The molecule has 9 heteroatoms. The molecular formula is C36H35FN6O2. The average molecular weight is 603 g/mol. The van der Waals surface area contributed by atoms with Crippen LogP contribution in [0.5, 0.6) is 0 Å². The molecule has 1 aliphatic heterocycles. The van der Waals surface area contributed by atoms with Gasteiger partial charge in [0.2, 0.25) is 5.91 Å². The molecule has 6 rings (SSSR count). The third kappa shape index (κ3) is 6.20. The summed E-state index contributed by atoms with van der Waals surface area (Å²) >= 11 is 0. The number of rotatable bonds is 9. The number of amides is 2. The molecule has 3 aromatic heterocycles. The van der Waals surface area contributed by atoms with Crippen molar-refractivity contribution in [1.82, 2.24) is 19.7 Å². The number of pyridine rings is 2. The van der Waals surface area contributed by atoms with Crippen LogP contribution >= 0.6 is 0 Å². The highest BCUT2D eigenvalue weighted by Crippen LogP contribution is 2.32. The van der Waals surface area contributed by atoms with Gasteiger partial charge in [0, 0.05) is 66.8 Å². The van der Waals surface area contributed by atoms with Crippen LogP contribution in [-0.2, 0) is 11.2 Å². The van der Waals surface area contributed by atoms with Crippen molar-refractivity contribution in [3.63, 3.8) is 0 Å². The summed E-state index contributed by atoms with van der Waals surface area (Å²) in [4.78, 5) is 36.1. The summed E-state index contributed by atoms with van der Waals surface area (Å²) < 4.78 is 17.3. The van der Waals surface area contributed by atoms with Crippen LogP contribution in [0, 0.1) is 11.7 Å². The number of nitrogens with two attached hydrogens (primary N) is 1. The maximum atomic E-state index is 15.5. The molecule has 1 aliphatic rings. The fraction of sp³-hybridized carbons (Fsp3) is 0.222. The Balaban J connectivity index is 1.28. The van der Waals surface area contributed by atoms with Gasteiger partial charge in [-0.25, -0.2) is 9.37 Å². The van der Waals surface area contributed by atoms with Gasteiger partial charge in [0.1, 0.15) is 11.5 Å². The number of benzene rings is 2. The van der Waals surface area contributed by atoms with Gasteiger partial charge in [-0.1, -0.05) is 36.4 Å². The maximum absolute atomic E-state index is 15.5. The van der Waals surface area contributed by atoms with Gasteiger partial charge in [0.15, 0.2) is 0 Å². The van der Waals surface area contributed by atoms with Crippen LogP contribution in [0.2, 0.25) is 0 Å². The summed E-state index contributed by atoms with van der Waals surface area (Å²) in [7, 11) is 0. The molecule has 228 valence electrons. The van der Waals surface area contributed by atoms with Crippen molar-refractivity contribution in [3.05, 3.63) is 114 Å². The van der Waals surface area contributed by atoms with Gasteiger partial charge < -0.3 is 20.4 Å². The number of imidazole rings is 1. The van der Waals surface area contributed by atoms with E-state index in [0.29, 0.717) is 66.2 Å². The fourth-order valence-electron chi connectivity index (χ4n) is 5.91. The van der Waals surface area contributed by atoms with Crippen LogP contribution in [0.25, 0.3) is 33.6 Å². The number of hydrogen-bond donors (Lipinski definition) is 2. The Labute approximate surface area is 261 Å². The second kappa shape index (κ2) is 12.7. The van der Waals surface area contributed by atoms with Gasteiger partial charge >= 0.3 is 0 Å². The minimum atomic E-state index is -0.423. The van der Waals surface area contributed by atoms with Gasteiger partial charge in [0.25, 0.3) is 5.91 Å². The topological polar surface area (TPSA) is 106 Å². The number of primary amides is 1. The normalized spacial score (nSPS) is 15.0. The zero-order valence-electron chi connectivity index (χ0n) is 25.3. The summed E-state index contributed by atoms with van der Waals surface area (Å²) in [5.41, 5.74) is 13.0. The maximum Gasteiger partial charge on any atom is 0.252 e. The predicted octanol–water partition coefficient (Wildman–Crippen LogP) is 5.91. The van der Waals surface area contributed by atoms with Crippen molar-refractivity contribution in [3.8, 4) is 22.4 Å². The van der Waals surface area contributed by atoms with Crippen molar-refractivity contribution in [2.45, 2.75) is 26.7 Å². The first-order valence-corrected chi connectivity index (χ1v) is 15.1. The molecule has 0 bridgehead atoms. The van der Waals surface area contributed by atoms with Crippen molar-refractivity contribution < 1.29 is 14.0 Å². The highest BCUT2D eigenvalue weighted by atomic mass is 19.1. The average Bonchev–Trinajstić information content (AvgIpc) is 3.73. The number of halogens is 1. The molecule has 1 saturated heterocycles. The lowest BCUT2D eigenvalue weighted by molar-refractivity contribution is -0.121. The van der Waals surface area contributed by atoms with Crippen molar-refractivity contribution >= 4 is 28.7 Å². The molecule has 2 aromatic carbocycles. The van der Waals surface area contributed by atoms with E-state index >= 15 is 4.39 Å². The van der Waals surface area contributed by atoms with Crippen LogP contribution < -0.4 is 16.0 Å². The predicted molar refractivity (Wildman–Crippen MR) is 175 cm³/mol. The molecule has 3 N–H and O–H groups in total. The van der Waals surface area contributed by atoms with E-state index in [-0.39, 0.29) is 17.7 Å². The van der Waals surface area contributed by atoms with E-state index in [1.165, 1.54) is 22.8 Å². The lowest BCUT2D eigenvalue weighted by Crippen LogP contribution is -2.27. The van der Waals surface area contributed by atoms with Crippen molar-refractivity contribution in [2.75, 3.05) is 24.5 Å². The molecule has 2 amide bonds. The van der Waals surface area contributed by atoms with Crippen LogP contribution in [0.15, 0.2) is 91.5 Å². The lowest BCUT2D eigenvalue weighted by atomic mass is 9.98. The van der Waals surface area contributed by atoms with Gasteiger partial charge in [-0.3, -0.25) is 14.6 Å². The van der Waals surface area contributed by atoms with E-state index in [9.17, 15) is 9.59 Å². The number of carbonyl (C=O) groups excluding carboxylic acids is 2. The minimum absolute atomic E-state index is 0.215. The monoisotopic (exact) mass is 602 g/mol. The largest absolute Gasteiger partial charge is 0.371 e. The number of aromatic nitrogens is 3. The molecule has 0 saturated carbocycles. The summed E-state index contributed by atoms with van der Waals surface area (Å²) in [5.74, 6) is -1.20. The minimum Gasteiger partial charge on any atom is -0.371 e. The first-order chi connectivity index (χ1) is 21.8. The highest BCUT2D eigenvalue weighted by Gasteiger charge is 2.27. The molecule has 0 spiro atoms. The van der Waals surface area contributed by atoms with E-state index in [1.807, 2.05) is 42.2 Å². The Morgan fingerprint density at radius 1 is 1.09 bits per heavy atom. The number of anilines is 1. The third-order valence-corrected chi connectivity index (χ3v) is 8.53. The van der Waals surface area contributed by atoms with Gasteiger partial charge in [0.05, 0.1) is 17.2 Å². The first kappa shape index (κ1) is 29.7. The molecule has 0 radical (unpaired) electrons. The van der Waals surface area contributed by atoms with E-state index in [0.717, 1.165) is 5.56 Å². The smallest absolute Gasteiger partial charge is 0.252 e. The second-order valence-electron chi connectivity index (χ2n) is 11.4. The fourth-order valence-corrected chi connectivity index (χ4v) is 5.91. The Kier molecular flexibility index (Phi) is 8.42. The zero-order valence-corrected chi connectivity index (χ0v) is 25.3. The highest BCUT2D eigenvalue weighted by molar-refractivity contribution is 5.97. The van der Waals surface area contributed by atoms with E-state index in [1.54, 1.807) is 41.3 Å². The molecular weight excluding hydrogens is 567 g/mol. The first-order valence-electron chi connectivity index (χ1n) is 15.1. The Bertz CT molecular complexity index is 1920. The number of hydrogen-bond acceptors (Lipinski definition) is 5. The molecule has 5 aromatic rings. The third-order valence-electron chi connectivity index (χ3n) is 8.53. The summed E-state index contributed by atoms with van der Waals surface area (Å²) in [6.45, 7) is 5.69. The van der Waals surface area contributed by atoms with Crippen LogP contribution in [0.4, 0.5) is 10.1 Å². The van der Waals surface area contributed by atoms with Crippen molar-refractivity contribution in [1.29, 1.82) is 0 Å². The van der Waals surface area contributed by atoms with Gasteiger partial charge in [-0.2, -0.15) is 0 Å². The van der Waals surface area contributed by atoms with Crippen molar-refractivity contribution in [2.24, 2.45) is 11.7 Å². The molecule has 0 aliphatic carbocycles. The Morgan fingerprint density at radius 3 is 2.67 bits per heavy atom. The molecule has 0 unspecified atom stereocenters. The quantitative estimate of drug-likeness (QED) is 0.218. The standard InChI is InChI=1S/C36H35FN6O2/c1-3-23(2)29-9-5-4-7-24(29)12-15-40-36(45)27-17-31(25-8-6-14-39-19-25)35-41-33(22-43(35)21-27)30-11-10-28(18-32(30)37)42-16-13-26(20-42)34(38)44/h3-11,14,17-19,21-22,26H,12-13,15-16,20H2,1-2H3,(H2,38,44)(H,40,45)/b23-3-/t26-/m0/s1. The number of allylic oxidation sites excluding steroid dienone is 2. The summed E-state index contributed by atoms with van der Waals surface area (Å²) in [5, 5.41) is 3.06. The summed E-state index contributed by atoms with van der Waals surface area (Å²) in [6, 6.07) is 18.8. The van der Waals surface area contributed by atoms with E-state index in [2.05, 4.69) is 35.4 Å². The SMILES string of the molecule is C/C=C(/C)c1ccccc1CCNC(=O)c1cc(-c2cccnc2)c2nc(-c3ccc(N4CC[C@H](C(N)=O)C4)cc3F)cn2c1. The Hall–Kier alpha value is -5.31.